The number of hydrogen-bond acceptors (Lipinski definition) is 4. The largest absolute Gasteiger partial charge is 0.378 e. The van der Waals surface area contributed by atoms with E-state index in [1.165, 1.54) is 5.56 Å². The topological polar surface area (TPSA) is 79.5 Å². The van der Waals surface area contributed by atoms with Gasteiger partial charge >= 0.3 is 0 Å². The van der Waals surface area contributed by atoms with Gasteiger partial charge in [-0.1, -0.05) is 45.0 Å². The molecule has 0 saturated carbocycles. The standard InChI is InChI=1S/C23H29N3O3/c1-23(2,3)17-10-8-16(9-11-17)22(28)26-20-7-5-4-6-19(20)25-21(27)14-18-15-29-13-12-24-18/h4-11,18,24H,12-15H2,1-3H3,(H,25,27)(H,26,28). The van der Waals surface area contributed by atoms with Gasteiger partial charge in [-0.05, 0) is 35.2 Å². The van der Waals surface area contributed by atoms with Crippen LogP contribution in [0.2, 0.25) is 0 Å². The summed E-state index contributed by atoms with van der Waals surface area (Å²) >= 11 is 0. The zero-order valence-corrected chi connectivity index (χ0v) is 17.2. The Morgan fingerprint density at radius 2 is 1.69 bits per heavy atom. The third-order valence-electron chi connectivity index (χ3n) is 4.89. The normalized spacial score (nSPS) is 16.9. The van der Waals surface area contributed by atoms with E-state index in [1.54, 1.807) is 12.1 Å². The first-order valence-corrected chi connectivity index (χ1v) is 9.95. The van der Waals surface area contributed by atoms with Crippen molar-refractivity contribution in [3.05, 3.63) is 59.7 Å². The lowest BCUT2D eigenvalue weighted by atomic mass is 9.87. The zero-order chi connectivity index (χ0) is 20.9. The maximum Gasteiger partial charge on any atom is 0.255 e. The van der Waals surface area contributed by atoms with Crippen molar-refractivity contribution in [1.29, 1.82) is 0 Å². The average Bonchev–Trinajstić information content (AvgIpc) is 2.69. The zero-order valence-electron chi connectivity index (χ0n) is 17.2. The van der Waals surface area contributed by atoms with Crippen molar-refractivity contribution in [3.8, 4) is 0 Å². The van der Waals surface area contributed by atoms with Gasteiger partial charge in [0.25, 0.3) is 5.91 Å². The molecular formula is C23H29N3O3. The summed E-state index contributed by atoms with van der Waals surface area (Å²) < 4.78 is 5.39. The molecule has 0 radical (unpaired) electrons. The first-order chi connectivity index (χ1) is 13.8. The molecule has 2 aromatic rings. The number of ether oxygens (including phenoxy) is 1. The second-order valence-corrected chi connectivity index (χ2v) is 8.31. The molecule has 1 atom stereocenters. The van der Waals surface area contributed by atoms with Crippen molar-refractivity contribution in [2.75, 3.05) is 30.4 Å². The quantitative estimate of drug-likeness (QED) is 0.723. The third kappa shape index (κ3) is 5.89. The van der Waals surface area contributed by atoms with Gasteiger partial charge in [0.2, 0.25) is 5.91 Å². The van der Waals surface area contributed by atoms with Gasteiger partial charge in [-0.2, -0.15) is 0 Å². The molecule has 1 unspecified atom stereocenters. The second-order valence-electron chi connectivity index (χ2n) is 8.31. The van der Waals surface area contributed by atoms with E-state index < -0.39 is 0 Å². The maximum absolute atomic E-state index is 12.7. The highest BCUT2D eigenvalue weighted by Crippen LogP contribution is 2.24. The van der Waals surface area contributed by atoms with Crippen molar-refractivity contribution in [1.82, 2.24) is 5.32 Å². The Kier molecular flexibility index (Phi) is 6.67. The van der Waals surface area contributed by atoms with Crippen molar-refractivity contribution in [2.24, 2.45) is 0 Å². The summed E-state index contributed by atoms with van der Waals surface area (Å²) in [4.78, 5) is 25.1. The number of anilines is 2. The van der Waals surface area contributed by atoms with Crippen LogP contribution in [0.3, 0.4) is 0 Å². The van der Waals surface area contributed by atoms with Crippen LogP contribution in [0.25, 0.3) is 0 Å². The first kappa shape index (κ1) is 21.0. The summed E-state index contributed by atoms with van der Waals surface area (Å²) in [6.45, 7) is 8.35. The van der Waals surface area contributed by atoms with Crippen molar-refractivity contribution >= 4 is 23.2 Å². The molecule has 2 aromatic carbocycles. The summed E-state index contributed by atoms with van der Waals surface area (Å²) in [5, 5.41) is 9.06. The van der Waals surface area contributed by atoms with Crippen LogP contribution in [0.5, 0.6) is 0 Å². The number of rotatable bonds is 5. The van der Waals surface area contributed by atoms with Crippen LogP contribution < -0.4 is 16.0 Å². The number of nitrogens with one attached hydrogen (secondary N) is 3. The molecule has 1 aliphatic rings. The van der Waals surface area contributed by atoms with Gasteiger partial charge in [0.1, 0.15) is 0 Å². The van der Waals surface area contributed by atoms with Gasteiger partial charge < -0.3 is 20.7 Å². The van der Waals surface area contributed by atoms with Crippen LogP contribution in [0.4, 0.5) is 11.4 Å². The van der Waals surface area contributed by atoms with Crippen molar-refractivity contribution in [2.45, 2.75) is 38.6 Å². The number of hydrogen-bond donors (Lipinski definition) is 3. The van der Waals surface area contributed by atoms with E-state index in [-0.39, 0.29) is 23.3 Å². The van der Waals surface area contributed by atoms with Gasteiger partial charge in [0.15, 0.2) is 0 Å². The summed E-state index contributed by atoms with van der Waals surface area (Å²) in [6.07, 6.45) is 0.316. The van der Waals surface area contributed by atoms with Crippen LogP contribution in [0.15, 0.2) is 48.5 Å². The molecule has 1 heterocycles. The smallest absolute Gasteiger partial charge is 0.255 e. The Labute approximate surface area is 172 Å². The molecule has 1 fully saturated rings. The second kappa shape index (κ2) is 9.20. The van der Waals surface area contributed by atoms with Gasteiger partial charge in [0, 0.05) is 24.6 Å². The predicted molar refractivity (Wildman–Crippen MR) is 115 cm³/mol. The van der Waals surface area contributed by atoms with Gasteiger partial charge in [-0.3, -0.25) is 9.59 Å². The molecule has 3 rings (SSSR count). The minimum Gasteiger partial charge on any atom is -0.378 e. The summed E-state index contributed by atoms with van der Waals surface area (Å²) in [7, 11) is 0. The van der Waals surface area contributed by atoms with Crippen molar-refractivity contribution < 1.29 is 14.3 Å². The Bertz CT molecular complexity index is 850. The fourth-order valence-electron chi connectivity index (χ4n) is 3.19. The number of morpholine rings is 1. The number of carbonyl (C=O) groups excluding carboxylic acids is 2. The van der Waals surface area contributed by atoms with E-state index in [2.05, 4.69) is 36.7 Å². The van der Waals surface area contributed by atoms with E-state index in [1.807, 2.05) is 36.4 Å². The van der Waals surface area contributed by atoms with Gasteiger partial charge in [-0.15, -0.1) is 0 Å². The molecule has 29 heavy (non-hydrogen) atoms. The number of amides is 2. The molecule has 154 valence electrons. The predicted octanol–water partition coefficient (Wildman–Crippen LogP) is 3.55. The van der Waals surface area contributed by atoms with Crippen molar-refractivity contribution in [3.63, 3.8) is 0 Å². The molecule has 6 nitrogen and oxygen atoms in total. The summed E-state index contributed by atoms with van der Waals surface area (Å²) in [6, 6.07) is 14.8. The molecule has 6 heteroatoms. The molecule has 0 aromatic heterocycles. The monoisotopic (exact) mass is 395 g/mol. The van der Waals surface area contributed by atoms with Crippen LogP contribution in [0.1, 0.15) is 43.1 Å². The average molecular weight is 396 g/mol. The van der Waals surface area contributed by atoms with E-state index >= 15 is 0 Å². The van der Waals surface area contributed by atoms with Crippen LogP contribution >= 0.6 is 0 Å². The van der Waals surface area contributed by atoms with Gasteiger partial charge in [-0.25, -0.2) is 0 Å². The third-order valence-corrected chi connectivity index (χ3v) is 4.89. The first-order valence-electron chi connectivity index (χ1n) is 9.95. The lowest BCUT2D eigenvalue weighted by Gasteiger charge is -2.23. The van der Waals surface area contributed by atoms with Crippen LogP contribution in [0, 0.1) is 0 Å². The van der Waals surface area contributed by atoms with E-state index in [0.717, 1.165) is 6.54 Å². The van der Waals surface area contributed by atoms with E-state index in [0.29, 0.717) is 36.6 Å². The molecular weight excluding hydrogens is 366 g/mol. The van der Waals surface area contributed by atoms with Crippen LogP contribution in [-0.4, -0.2) is 37.6 Å². The molecule has 3 N–H and O–H groups in total. The molecule has 0 spiro atoms. The Morgan fingerprint density at radius 1 is 1.03 bits per heavy atom. The van der Waals surface area contributed by atoms with Gasteiger partial charge in [0.05, 0.1) is 24.6 Å². The Hall–Kier alpha value is -2.70. The highest BCUT2D eigenvalue weighted by Gasteiger charge is 2.18. The summed E-state index contributed by atoms with van der Waals surface area (Å²) in [5.74, 6) is -0.335. The van der Waals surface area contributed by atoms with Crippen LogP contribution in [-0.2, 0) is 14.9 Å². The fourth-order valence-corrected chi connectivity index (χ4v) is 3.19. The number of carbonyl (C=O) groups is 2. The molecule has 2 amide bonds. The number of para-hydroxylation sites is 2. The molecule has 0 bridgehead atoms. The molecule has 0 aliphatic carbocycles. The highest BCUT2D eigenvalue weighted by atomic mass is 16.5. The lowest BCUT2D eigenvalue weighted by Crippen LogP contribution is -2.43. The maximum atomic E-state index is 12.7. The highest BCUT2D eigenvalue weighted by molar-refractivity contribution is 6.07. The Balaban J connectivity index is 1.65. The number of benzene rings is 2. The molecule has 1 saturated heterocycles. The minimum atomic E-state index is -0.213. The molecule has 1 aliphatic heterocycles. The van der Waals surface area contributed by atoms with E-state index in [9.17, 15) is 9.59 Å². The lowest BCUT2D eigenvalue weighted by molar-refractivity contribution is -0.117. The summed E-state index contributed by atoms with van der Waals surface area (Å²) in [5.41, 5.74) is 2.92. The minimum absolute atomic E-state index is 0.00633. The SMILES string of the molecule is CC(C)(C)c1ccc(C(=O)Nc2ccccc2NC(=O)CC2COCCN2)cc1. The Morgan fingerprint density at radius 3 is 2.28 bits per heavy atom. The van der Waals surface area contributed by atoms with E-state index in [4.69, 9.17) is 4.74 Å². The fraction of sp³-hybridized carbons (Fsp3) is 0.391.